The van der Waals surface area contributed by atoms with Crippen LogP contribution in [0.25, 0.3) is 0 Å². The van der Waals surface area contributed by atoms with Gasteiger partial charge in [-0.05, 0) is 31.1 Å². The first kappa shape index (κ1) is 10.2. The van der Waals surface area contributed by atoms with E-state index in [-0.39, 0.29) is 5.41 Å². The minimum atomic E-state index is 0.0666. The summed E-state index contributed by atoms with van der Waals surface area (Å²) >= 11 is 0. The Bertz CT molecular complexity index is 233. The summed E-state index contributed by atoms with van der Waals surface area (Å²) in [7, 11) is 0. The predicted molar refractivity (Wildman–Crippen MR) is 58.1 cm³/mol. The molecule has 0 aromatic rings. The summed E-state index contributed by atoms with van der Waals surface area (Å²) in [5, 5.41) is 0. The second-order valence-electron chi connectivity index (χ2n) is 5.40. The fourth-order valence-corrected chi connectivity index (χ4v) is 3.75. The molecule has 2 rings (SSSR count). The van der Waals surface area contributed by atoms with E-state index in [0.29, 0.717) is 11.7 Å². The van der Waals surface area contributed by atoms with Gasteiger partial charge in [0.2, 0.25) is 0 Å². The van der Waals surface area contributed by atoms with Crippen molar-refractivity contribution in [2.75, 3.05) is 0 Å². The van der Waals surface area contributed by atoms with E-state index in [1.165, 1.54) is 25.7 Å². The first-order valence-corrected chi connectivity index (χ1v) is 6.22. The van der Waals surface area contributed by atoms with Crippen molar-refractivity contribution in [2.24, 2.45) is 17.3 Å². The summed E-state index contributed by atoms with van der Waals surface area (Å²) in [6.45, 7) is 4.52. The second kappa shape index (κ2) is 3.67. The molecule has 0 N–H and O–H groups in total. The van der Waals surface area contributed by atoms with Crippen molar-refractivity contribution in [3.8, 4) is 0 Å². The van der Waals surface area contributed by atoms with Crippen LogP contribution in [-0.4, -0.2) is 5.78 Å². The van der Waals surface area contributed by atoms with E-state index in [1.54, 1.807) is 0 Å². The third-order valence-electron chi connectivity index (χ3n) is 4.75. The molecule has 3 atom stereocenters. The van der Waals surface area contributed by atoms with Crippen LogP contribution >= 0.6 is 0 Å². The Kier molecular flexibility index (Phi) is 2.68. The van der Waals surface area contributed by atoms with Gasteiger partial charge in [-0.15, -0.1) is 0 Å². The maximum atomic E-state index is 12.0. The molecule has 0 aromatic carbocycles. The maximum Gasteiger partial charge on any atom is 0.139 e. The average Bonchev–Trinajstić information content (AvgIpc) is 2.20. The lowest BCUT2D eigenvalue weighted by Gasteiger charge is -2.48. The van der Waals surface area contributed by atoms with Crippen molar-refractivity contribution in [3.63, 3.8) is 0 Å². The first-order valence-electron chi connectivity index (χ1n) is 6.22. The number of rotatable bonds is 1. The first-order chi connectivity index (χ1) is 6.68. The third-order valence-corrected chi connectivity index (χ3v) is 4.75. The minimum absolute atomic E-state index is 0.0666. The Morgan fingerprint density at radius 2 is 2.14 bits per heavy atom. The minimum Gasteiger partial charge on any atom is -0.299 e. The van der Waals surface area contributed by atoms with E-state index in [0.717, 1.165) is 25.2 Å². The van der Waals surface area contributed by atoms with Gasteiger partial charge in [-0.1, -0.05) is 33.1 Å². The monoisotopic (exact) mass is 194 g/mol. The van der Waals surface area contributed by atoms with Gasteiger partial charge in [-0.2, -0.15) is 0 Å². The van der Waals surface area contributed by atoms with Crippen molar-refractivity contribution >= 4 is 5.78 Å². The Labute approximate surface area is 87.3 Å². The molecular formula is C13H22O. The van der Waals surface area contributed by atoms with Crippen molar-refractivity contribution < 1.29 is 4.79 Å². The topological polar surface area (TPSA) is 17.1 Å². The Balaban J connectivity index is 2.23. The molecule has 0 amide bonds. The van der Waals surface area contributed by atoms with E-state index >= 15 is 0 Å². The highest BCUT2D eigenvalue weighted by Crippen LogP contribution is 2.51. The van der Waals surface area contributed by atoms with Gasteiger partial charge in [0.25, 0.3) is 0 Å². The van der Waals surface area contributed by atoms with Crippen molar-refractivity contribution in [1.82, 2.24) is 0 Å². The SMILES string of the molecule is CCC1CCC(=O)C2(C)CCCCC12. The van der Waals surface area contributed by atoms with Crippen LogP contribution in [-0.2, 0) is 4.79 Å². The summed E-state index contributed by atoms with van der Waals surface area (Å²) in [4.78, 5) is 12.0. The van der Waals surface area contributed by atoms with E-state index in [1.807, 2.05) is 0 Å². The number of hydrogen-bond donors (Lipinski definition) is 0. The molecule has 0 aliphatic heterocycles. The number of ketones is 1. The molecule has 0 radical (unpaired) electrons. The summed E-state index contributed by atoms with van der Waals surface area (Å²) in [6.07, 6.45) is 8.38. The molecule has 0 heterocycles. The number of carbonyl (C=O) groups excluding carboxylic acids is 1. The molecule has 1 heteroatoms. The summed E-state index contributed by atoms with van der Waals surface area (Å²) in [5.74, 6) is 2.10. The highest BCUT2D eigenvalue weighted by atomic mass is 16.1. The van der Waals surface area contributed by atoms with Gasteiger partial charge in [-0.3, -0.25) is 4.79 Å². The Hall–Kier alpha value is -0.330. The molecule has 80 valence electrons. The van der Waals surface area contributed by atoms with Crippen LogP contribution < -0.4 is 0 Å². The van der Waals surface area contributed by atoms with Crippen LogP contribution in [0.3, 0.4) is 0 Å². The molecule has 0 spiro atoms. The number of fused-ring (bicyclic) bond motifs is 1. The van der Waals surface area contributed by atoms with E-state index in [9.17, 15) is 4.79 Å². The summed E-state index contributed by atoms with van der Waals surface area (Å²) in [5.41, 5.74) is 0.0666. The zero-order chi connectivity index (χ0) is 10.2. The normalized spacial score (nSPS) is 43.4. The fourth-order valence-electron chi connectivity index (χ4n) is 3.75. The molecule has 2 aliphatic carbocycles. The number of Topliss-reactive ketones (excluding diaryl/α,β-unsaturated/α-hetero) is 1. The number of hydrogen-bond acceptors (Lipinski definition) is 1. The standard InChI is InChI=1S/C13H22O/c1-3-10-7-8-12(14)13(2)9-5-4-6-11(10)13/h10-11H,3-9H2,1-2H3. The molecular weight excluding hydrogens is 172 g/mol. The van der Waals surface area contributed by atoms with Crippen molar-refractivity contribution in [2.45, 2.75) is 58.8 Å². The lowest BCUT2D eigenvalue weighted by molar-refractivity contribution is -0.139. The molecule has 0 aromatic heterocycles. The van der Waals surface area contributed by atoms with Gasteiger partial charge in [0.05, 0.1) is 0 Å². The molecule has 0 bridgehead atoms. The van der Waals surface area contributed by atoms with Gasteiger partial charge in [-0.25, -0.2) is 0 Å². The summed E-state index contributed by atoms with van der Waals surface area (Å²) < 4.78 is 0. The van der Waals surface area contributed by atoms with Crippen molar-refractivity contribution in [1.29, 1.82) is 0 Å². The molecule has 2 fully saturated rings. The van der Waals surface area contributed by atoms with Crippen LogP contribution in [0.4, 0.5) is 0 Å². The predicted octanol–water partition coefficient (Wildman–Crippen LogP) is 3.57. The zero-order valence-corrected chi connectivity index (χ0v) is 9.51. The third kappa shape index (κ3) is 1.41. The largest absolute Gasteiger partial charge is 0.299 e. The summed E-state index contributed by atoms with van der Waals surface area (Å²) in [6, 6.07) is 0. The second-order valence-corrected chi connectivity index (χ2v) is 5.40. The lowest BCUT2D eigenvalue weighted by atomic mass is 9.56. The Morgan fingerprint density at radius 3 is 2.86 bits per heavy atom. The van der Waals surface area contributed by atoms with Gasteiger partial charge in [0, 0.05) is 11.8 Å². The molecule has 14 heavy (non-hydrogen) atoms. The molecule has 2 saturated carbocycles. The van der Waals surface area contributed by atoms with Gasteiger partial charge < -0.3 is 0 Å². The van der Waals surface area contributed by atoms with E-state index in [2.05, 4.69) is 13.8 Å². The van der Waals surface area contributed by atoms with Crippen molar-refractivity contribution in [3.05, 3.63) is 0 Å². The van der Waals surface area contributed by atoms with Gasteiger partial charge in [0.15, 0.2) is 0 Å². The number of carbonyl (C=O) groups is 1. The highest BCUT2D eigenvalue weighted by Gasteiger charge is 2.47. The van der Waals surface area contributed by atoms with Crippen LogP contribution in [0.5, 0.6) is 0 Å². The molecule has 2 aliphatic rings. The van der Waals surface area contributed by atoms with E-state index < -0.39 is 0 Å². The smallest absolute Gasteiger partial charge is 0.139 e. The van der Waals surface area contributed by atoms with Gasteiger partial charge in [0.1, 0.15) is 5.78 Å². The maximum absolute atomic E-state index is 12.0. The molecule has 1 nitrogen and oxygen atoms in total. The highest BCUT2D eigenvalue weighted by molar-refractivity contribution is 5.85. The van der Waals surface area contributed by atoms with Crippen LogP contribution in [0.15, 0.2) is 0 Å². The van der Waals surface area contributed by atoms with E-state index in [4.69, 9.17) is 0 Å². The van der Waals surface area contributed by atoms with Crippen LogP contribution in [0.2, 0.25) is 0 Å². The van der Waals surface area contributed by atoms with Gasteiger partial charge >= 0.3 is 0 Å². The zero-order valence-electron chi connectivity index (χ0n) is 9.51. The molecule has 3 unspecified atom stereocenters. The average molecular weight is 194 g/mol. The van der Waals surface area contributed by atoms with Crippen LogP contribution in [0.1, 0.15) is 58.8 Å². The Morgan fingerprint density at radius 1 is 1.36 bits per heavy atom. The molecule has 0 saturated heterocycles. The lowest BCUT2D eigenvalue weighted by Crippen LogP contribution is -2.45. The fraction of sp³-hybridized carbons (Fsp3) is 0.923. The quantitative estimate of drug-likeness (QED) is 0.623. The van der Waals surface area contributed by atoms with Crippen LogP contribution in [0, 0.1) is 17.3 Å².